The van der Waals surface area contributed by atoms with E-state index in [9.17, 15) is 13.2 Å². The van der Waals surface area contributed by atoms with E-state index in [1.807, 2.05) is 18.2 Å². The van der Waals surface area contributed by atoms with Crippen LogP contribution in [0.2, 0.25) is 0 Å². The van der Waals surface area contributed by atoms with Crippen LogP contribution in [0.15, 0.2) is 42.5 Å². The Bertz CT molecular complexity index is 646. The molecule has 0 fully saturated rings. The van der Waals surface area contributed by atoms with Crippen molar-refractivity contribution in [3.05, 3.63) is 59.2 Å². The Morgan fingerprint density at radius 2 is 1.80 bits per heavy atom. The molecule has 0 saturated carbocycles. The van der Waals surface area contributed by atoms with E-state index in [0.29, 0.717) is 5.56 Å². The van der Waals surface area contributed by atoms with Crippen molar-refractivity contribution in [1.82, 2.24) is 0 Å². The highest BCUT2D eigenvalue weighted by Gasteiger charge is 2.31. The van der Waals surface area contributed by atoms with Gasteiger partial charge in [-0.15, -0.1) is 0 Å². The molecule has 2 N–H and O–H groups in total. The van der Waals surface area contributed by atoms with Gasteiger partial charge in [-0.1, -0.05) is 30.3 Å². The van der Waals surface area contributed by atoms with Gasteiger partial charge in [-0.05, 0) is 47.2 Å². The number of alkyl halides is 3. The number of halogens is 3. The van der Waals surface area contributed by atoms with Crippen molar-refractivity contribution in [1.29, 1.82) is 0 Å². The first-order valence-corrected chi connectivity index (χ1v) is 6.52. The van der Waals surface area contributed by atoms with Gasteiger partial charge in [0.1, 0.15) is 0 Å². The quantitative estimate of drug-likeness (QED) is 0.825. The molecule has 1 aliphatic rings. The fraction of sp³-hybridized carbons (Fsp3) is 0.250. The third-order valence-electron chi connectivity index (χ3n) is 3.82. The Hall–Kier alpha value is -1.81. The summed E-state index contributed by atoms with van der Waals surface area (Å²) in [5, 5.41) is 0. The first-order valence-electron chi connectivity index (χ1n) is 6.52. The Labute approximate surface area is 115 Å². The van der Waals surface area contributed by atoms with Gasteiger partial charge in [-0.25, -0.2) is 0 Å². The third kappa shape index (κ3) is 2.20. The van der Waals surface area contributed by atoms with Gasteiger partial charge in [-0.2, -0.15) is 13.2 Å². The minimum atomic E-state index is -4.32. The highest BCUT2D eigenvalue weighted by atomic mass is 19.4. The maximum Gasteiger partial charge on any atom is 0.416 e. The fourth-order valence-corrected chi connectivity index (χ4v) is 2.82. The summed E-state index contributed by atoms with van der Waals surface area (Å²) in [6.07, 6.45) is -2.64. The van der Waals surface area contributed by atoms with Gasteiger partial charge in [0.25, 0.3) is 0 Å². The number of fused-ring (bicyclic) bond motifs is 1. The lowest BCUT2D eigenvalue weighted by Crippen LogP contribution is -2.05. The molecule has 0 aliphatic heterocycles. The summed E-state index contributed by atoms with van der Waals surface area (Å²) in [6, 6.07) is 11.2. The van der Waals surface area contributed by atoms with Gasteiger partial charge in [0.2, 0.25) is 0 Å². The molecule has 0 spiro atoms. The number of nitrogens with two attached hydrogens (primary N) is 1. The Kier molecular flexibility index (Phi) is 3.05. The Morgan fingerprint density at radius 1 is 1.05 bits per heavy atom. The van der Waals surface area contributed by atoms with Crippen LogP contribution in [0.1, 0.15) is 29.2 Å². The third-order valence-corrected chi connectivity index (χ3v) is 3.82. The molecule has 1 nitrogen and oxygen atoms in total. The van der Waals surface area contributed by atoms with Crippen molar-refractivity contribution in [2.75, 3.05) is 0 Å². The van der Waals surface area contributed by atoms with Crippen molar-refractivity contribution in [2.45, 2.75) is 25.1 Å². The van der Waals surface area contributed by atoms with Gasteiger partial charge in [0.05, 0.1) is 5.56 Å². The molecule has 0 bridgehead atoms. The molecule has 20 heavy (non-hydrogen) atoms. The van der Waals surface area contributed by atoms with Gasteiger partial charge in [-0.3, -0.25) is 0 Å². The Morgan fingerprint density at radius 3 is 2.55 bits per heavy atom. The van der Waals surface area contributed by atoms with Gasteiger partial charge < -0.3 is 5.73 Å². The second kappa shape index (κ2) is 4.63. The van der Waals surface area contributed by atoms with Crippen molar-refractivity contribution in [3.8, 4) is 11.1 Å². The van der Waals surface area contributed by atoms with Crippen LogP contribution in [0.5, 0.6) is 0 Å². The van der Waals surface area contributed by atoms with E-state index in [2.05, 4.69) is 0 Å². The lowest BCUT2D eigenvalue weighted by molar-refractivity contribution is -0.137. The van der Waals surface area contributed by atoms with E-state index in [1.54, 1.807) is 6.07 Å². The van der Waals surface area contributed by atoms with Crippen LogP contribution in [-0.2, 0) is 12.6 Å². The molecule has 3 rings (SSSR count). The normalized spacial score (nSPS) is 18.1. The average Bonchev–Trinajstić information content (AvgIpc) is 2.80. The lowest BCUT2D eigenvalue weighted by atomic mass is 9.95. The van der Waals surface area contributed by atoms with Crippen LogP contribution in [0.3, 0.4) is 0 Å². The first-order chi connectivity index (χ1) is 9.47. The molecule has 104 valence electrons. The standard InChI is InChI=1S/C16H14F3N/c17-16(18,19)11-4-1-3-10(9-11)12-5-2-6-14-13(12)7-8-15(14)20/h1-6,9,15H,7-8,20H2. The molecule has 2 aromatic carbocycles. The molecule has 1 atom stereocenters. The summed E-state index contributed by atoms with van der Waals surface area (Å²) in [6.45, 7) is 0. The fourth-order valence-electron chi connectivity index (χ4n) is 2.82. The highest BCUT2D eigenvalue weighted by molar-refractivity contribution is 5.70. The van der Waals surface area contributed by atoms with Crippen LogP contribution in [0, 0.1) is 0 Å². The first kappa shape index (κ1) is 13.2. The summed E-state index contributed by atoms with van der Waals surface area (Å²) in [7, 11) is 0. The number of hydrogen-bond acceptors (Lipinski definition) is 1. The molecular weight excluding hydrogens is 263 g/mol. The monoisotopic (exact) mass is 277 g/mol. The molecule has 1 unspecified atom stereocenters. The van der Waals surface area contributed by atoms with Gasteiger partial charge in [0.15, 0.2) is 0 Å². The minimum absolute atomic E-state index is 0.00394. The molecule has 4 heteroatoms. The van der Waals surface area contributed by atoms with E-state index in [-0.39, 0.29) is 6.04 Å². The summed E-state index contributed by atoms with van der Waals surface area (Å²) in [5.74, 6) is 0. The molecular formula is C16H14F3N. The second-order valence-electron chi connectivity index (χ2n) is 5.10. The molecule has 2 aromatic rings. The molecule has 0 heterocycles. The number of hydrogen-bond donors (Lipinski definition) is 1. The van der Waals surface area contributed by atoms with Crippen LogP contribution in [0.25, 0.3) is 11.1 Å². The minimum Gasteiger partial charge on any atom is -0.324 e. The predicted molar refractivity (Wildman–Crippen MR) is 72.1 cm³/mol. The van der Waals surface area contributed by atoms with Crippen LogP contribution in [-0.4, -0.2) is 0 Å². The average molecular weight is 277 g/mol. The van der Waals surface area contributed by atoms with E-state index < -0.39 is 11.7 Å². The van der Waals surface area contributed by atoms with E-state index in [0.717, 1.165) is 35.6 Å². The van der Waals surface area contributed by atoms with Crippen LogP contribution in [0.4, 0.5) is 13.2 Å². The zero-order valence-electron chi connectivity index (χ0n) is 10.7. The topological polar surface area (TPSA) is 26.0 Å². The summed E-state index contributed by atoms with van der Waals surface area (Å²) in [5.41, 5.74) is 9.00. The zero-order chi connectivity index (χ0) is 14.3. The molecule has 0 aromatic heterocycles. The maximum absolute atomic E-state index is 12.8. The lowest BCUT2D eigenvalue weighted by Gasteiger charge is -2.12. The maximum atomic E-state index is 12.8. The highest BCUT2D eigenvalue weighted by Crippen LogP contribution is 2.38. The van der Waals surface area contributed by atoms with Crippen molar-refractivity contribution < 1.29 is 13.2 Å². The van der Waals surface area contributed by atoms with Crippen LogP contribution >= 0.6 is 0 Å². The number of benzene rings is 2. The molecule has 0 radical (unpaired) electrons. The predicted octanol–water partition coefficient (Wildman–Crippen LogP) is 4.32. The van der Waals surface area contributed by atoms with Crippen LogP contribution < -0.4 is 5.73 Å². The smallest absolute Gasteiger partial charge is 0.324 e. The summed E-state index contributed by atoms with van der Waals surface area (Å²) in [4.78, 5) is 0. The van der Waals surface area contributed by atoms with Crippen molar-refractivity contribution in [3.63, 3.8) is 0 Å². The summed E-state index contributed by atoms with van der Waals surface area (Å²) < 4.78 is 38.4. The molecule has 1 aliphatic carbocycles. The van der Waals surface area contributed by atoms with Gasteiger partial charge >= 0.3 is 6.18 Å². The second-order valence-corrected chi connectivity index (χ2v) is 5.10. The molecule has 0 saturated heterocycles. The van der Waals surface area contributed by atoms with Crippen molar-refractivity contribution in [2.24, 2.45) is 5.73 Å². The van der Waals surface area contributed by atoms with E-state index >= 15 is 0 Å². The SMILES string of the molecule is NC1CCc2c(-c3cccc(C(F)(F)F)c3)cccc21. The molecule has 0 amide bonds. The van der Waals surface area contributed by atoms with E-state index in [1.165, 1.54) is 12.1 Å². The Balaban J connectivity index is 2.11. The van der Waals surface area contributed by atoms with E-state index in [4.69, 9.17) is 5.73 Å². The zero-order valence-corrected chi connectivity index (χ0v) is 10.7. The largest absolute Gasteiger partial charge is 0.416 e. The summed E-state index contributed by atoms with van der Waals surface area (Å²) >= 11 is 0. The van der Waals surface area contributed by atoms with Crippen molar-refractivity contribution >= 4 is 0 Å². The van der Waals surface area contributed by atoms with Gasteiger partial charge in [0, 0.05) is 6.04 Å². The number of rotatable bonds is 1.